The summed E-state index contributed by atoms with van der Waals surface area (Å²) in [7, 11) is 0. The van der Waals surface area contributed by atoms with Crippen molar-refractivity contribution in [1.82, 2.24) is 0 Å². The minimum Gasteiger partial charge on any atom is -0.289 e. The van der Waals surface area contributed by atoms with Gasteiger partial charge in [-0.3, -0.25) is 4.79 Å². The molecule has 0 atom stereocenters. The quantitative estimate of drug-likeness (QED) is 0.188. The van der Waals surface area contributed by atoms with Gasteiger partial charge in [0.1, 0.15) is 5.75 Å². The fraction of sp³-hybridized carbons (Fsp3) is 0.650. The molecule has 124 valence electrons. The summed E-state index contributed by atoms with van der Waals surface area (Å²) in [4.78, 5) is 11.9. The van der Waals surface area contributed by atoms with Gasteiger partial charge in [0.2, 0.25) is 5.78 Å². The molecule has 0 aliphatic rings. The van der Waals surface area contributed by atoms with Crippen LogP contribution >= 0.6 is 0 Å². The zero-order valence-electron chi connectivity index (χ0n) is 14.2. The number of thiol groups is 1. The van der Waals surface area contributed by atoms with Crippen molar-refractivity contribution in [2.45, 2.75) is 71.1 Å². The Hall–Kier alpha value is -0.760. The second kappa shape index (κ2) is 13.9. The lowest BCUT2D eigenvalue weighted by molar-refractivity contribution is 0.102. The first-order valence-electron chi connectivity index (χ1n) is 9.06. The lowest BCUT2D eigenvalue weighted by Crippen LogP contribution is -2.08. The summed E-state index contributed by atoms with van der Waals surface area (Å²) in [5.74, 6) is 2.14. The van der Waals surface area contributed by atoms with Gasteiger partial charge in [0.05, 0.1) is 0 Å². The maximum Gasteiger partial charge on any atom is 0.211 e. The van der Waals surface area contributed by atoms with Gasteiger partial charge in [-0.05, 0) is 24.6 Å². The highest BCUT2D eigenvalue weighted by atomic mass is 32.2. The zero-order valence-corrected chi connectivity index (χ0v) is 15.1. The molecular formula is C20H33OS+. The molecule has 0 unspecified atom stereocenters. The van der Waals surface area contributed by atoms with E-state index in [1.165, 1.54) is 81.7 Å². The van der Waals surface area contributed by atoms with Crippen LogP contribution in [0.15, 0.2) is 30.3 Å². The summed E-state index contributed by atoms with van der Waals surface area (Å²) in [5.41, 5.74) is 0.859. The van der Waals surface area contributed by atoms with E-state index >= 15 is 0 Å². The zero-order chi connectivity index (χ0) is 15.9. The van der Waals surface area contributed by atoms with E-state index in [0.717, 1.165) is 5.56 Å². The number of unbranched alkanes of at least 4 members (excludes halogenated alkanes) is 9. The Balaban J connectivity index is 1.85. The SMILES string of the molecule is CCCCCCCCCCCC[SH+]CC(=O)c1ccccc1. The highest BCUT2D eigenvalue weighted by Gasteiger charge is 2.09. The molecule has 0 amide bonds. The molecule has 1 aromatic rings. The number of benzene rings is 1. The standard InChI is InChI=1S/C20H32OS/c1-2-3-4-5-6-7-8-9-10-14-17-22-18-20(21)19-15-12-11-13-16-19/h11-13,15-16H,2-10,14,17-18H2,1H3/p+1. The van der Waals surface area contributed by atoms with E-state index in [9.17, 15) is 4.79 Å². The van der Waals surface area contributed by atoms with Crippen LogP contribution in [0.3, 0.4) is 0 Å². The molecule has 0 N–H and O–H groups in total. The van der Waals surface area contributed by atoms with Crippen molar-refractivity contribution in [3.8, 4) is 0 Å². The monoisotopic (exact) mass is 321 g/mol. The molecule has 1 nitrogen and oxygen atoms in total. The van der Waals surface area contributed by atoms with E-state index in [1.54, 1.807) is 0 Å². The average Bonchev–Trinajstić information content (AvgIpc) is 2.56. The topological polar surface area (TPSA) is 17.1 Å². The van der Waals surface area contributed by atoms with Crippen LogP contribution in [0, 0.1) is 0 Å². The Bertz CT molecular complexity index is 375. The third-order valence-electron chi connectivity index (χ3n) is 4.02. The van der Waals surface area contributed by atoms with Crippen molar-refractivity contribution >= 4 is 17.5 Å². The molecule has 0 aromatic heterocycles. The Morgan fingerprint density at radius 3 is 1.95 bits per heavy atom. The lowest BCUT2D eigenvalue weighted by Gasteiger charge is -2.01. The van der Waals surface area contributed by atoms with Crippen molar-refractivity contribution in [2.24, 2.45) is 0 Å². The number of hydrogen-bond donors (Lipinski definition) is 0. The Morgan fingerprint density at radius 1 is 0.818 bits per heavy atom. The number of Topliss-reactive ketones (excluding diaryl/α,β-unsaturated/α-hetero) is 1. The van der Waals surface area contributed by atoms with Crippen LogP contribution in [0.25, 0.3) is 0 Å². The first-order chi connectivity index (χ1) is 10.8. The fourth-order valence-electron chi connectivity index (χ4n) is 2.61. The summed E-state index contributed by atoms with van der Waals surface area (Å²) >= 11 is 1.29. The largest absolute Gasteiger partial charge is 0.289 e. The summed E-state index contributed by atoms with van der Waals surface area (Å²) in [6.07, 6.45) is 13.8. The highest BCUT2D eigenvalue weighted by molar-refractivity contribution is 7.79. The molecule has 0 saturated heterocycles. The van der Waals surface area contributed by atoms with E-state index < -0.39 is 0 Å². The van der Waals surface area contributed by atoms with Crippen LogP contribution in [0.1, 0.15) is 81.5 Å². The molecular weight excluding hydrogens is 288 g/mol. The third kappa shape index (κ3) is 10.0. The maximum absolute atomic E-state index is 11.9. The number of carbonyl (C=O) groups is 1. The molecule has 1 aromatic carbocycles. The fourth-order valence-corrected chi connectivity index (χ4v) is 3.60. The van der Waals surface area contributed by atoms with Crippen LogP contribution in [-0.2, 0) is 11.8 Å². The molecule has 2 heteroatoms. The third-order valence-corrected chi connectivity index (χ3v) is 5.16. The van der Waals surface area contributed by atoms with E-state index in [0.29, 0.717) is 5.75 Å². The molecule has 0 saturated carbocycles. The van der Waals surface area contributed by atoms with Crippen molar-refractivity contribution in [3.63, 3.8) is 0 Å². The van der Waals surface area contributed by atoms with Crippen LogP contribution in [0.4, 0.5) is 0 Å². The average molecular weight is 322 g/mol. The highest BCUT2D eigenvalue weighted by Crippen LogP contribution is 2.10. The van der Waals surface area contributed by atoms with Gasteiger partial charge in [0.25, 0.3) is 0 Å². The Labute approximate surface area is 141 Å². The molecule has 0 aliphatic heterocycles. The predicted molar refractivity (Wildman–Crippen MR) is 101 cm³/mol. The molecule has 22 heavy (non-hydrogen) atoms. The predicted octanol–water partition coefficient (Wildman–Crippen LogP) is 5.61. The van der Waals surface area contributed by atoms with Gasteiger partial charge in [-0.2, -0.15) is 0 Å². The maximum atomic E-state index is 11.9. The van der Waals surface area contributed by atoms with E-state index in [1.807, 2.05) is 30.3 Å². The van der Waals surface area contributed by atoms with Gasteiger partial charge in [-0.25, -0.2) is 0 Å². The first kappa shape index (κ1) is 19.3. The van der Waals surface area contributed by atoms with Crippen LogP contribution < -0.4 is 0 Å². The smallest absolute Gasteiger partial charge is 0.211 e. The van der Waals surface area contributed by atoms with Crippen LogP contribution in [-0.4, -0.2) is 17.3 Å². The Kier molecular flexibility index (Phi) is 12.2. The minimum absolute atomic E-state index is 0.286. The summed E-state index contributed by atoms with van der Waals surface area (Å²) < 4.78 is 0. The molecule has 0 radical (unpaired) electrons. The van der Waals surface area contributed by atoms with Crippen molar-refractivity contribution in [1.29, 1.82) is 0 Å². The van der Waals surface area contributed by atoms with Crippen molar-refractivity contribution < 1.29 is 4.79 Å². The minimum atomic E-state index is 0.286. The summed E-state index contributed by atoms with van der Waals surface area (Å²) in [6.45, 7) is 2.27. The number of rotatable bonds is 14. The van der Waals surface area contributed by atoms with Gasteiger partial charge in [-0.1, -0.05) is 88.6 Å². The number of carbonyl (C=O) groups excluding carboxylic acids is 1. The van der Waals surface area contributed by atoms with Gasteiger partial charge in [0, 0.05) is 5.56 Å². The van der Waals surface area contributed by atoms with E-state index in [-0.39, 0.29) is 5.78 Å². The number of ketones is 1. The molecule has 1 rings (SSSR count). The van der Waals surface area contributed by atoms with Gasteiger partial charge in [0.15, 0.2) is 5.75 Å². The van der Waals surface area contributed by atoms with E-state index in [2.05, 4.69) is 6.92 Å². The van der Waals surface area contributed by atoms with Gasteiger partial charge >= 0.3 is 0 Å². The van der Waals surface area contributed by atoms with Crippen molar-refractivity contribution in [2.75, 3.05) is 11.5 Å². The normalized spacial score (nSPS) is 10.8. The van der Waals surface area contributed by atoms with Crippen LogP contribution in [0.5, 0.6) is 0 Å². The van der Waals surface area contributed by atoms with Crippen molar-refractivity contribution in [3.05, 3.63) is 35.9 Å². The molecule has 0 fully saturated rings. The second-order valence-electron chi connectivity index (χ2n) is 6.08. The number of hydrogen-bond acceptors (Lipinski definition) is 1. The second-order valence-corrected chi connectivity index (χ2v) is 7.29. The first-order valence-corrected chi connectivity index (χ1v) is 10.3. The molecule has 0 spiro atoms. The van der Waals surface area contributed by atoms with Gasteiger partial charge < -0.3 is 0 Å². The summed E-state index contributed by atoms with van der Waals surface area (Å²) in [5, 5.41) is 0. The Morgan fingerprint density at radius 2 is 1.36 bits per heavy atom. The van der Waals surface area contributed by atoms with E-state index in [4.69, 9.17) is 0 Å². The molecule has 0 heterocycles. The molecule has 0 aliphatic carbocycles. The van der Waals surface area contributed by atoms with Crippen LogP contribution in [0.2, 0.25) is 0 Å². The lowest BCUT2D eigenvalue weighted by atomic mass is 10.1. The van der Waals surface area contributed by atoms with Gasteiger partial charge in [-0.15, -0.1) is 0 Å². The molecule has 0 bridgehead atoms. The summed E-state index contributed by atoms with van der Waals surface area (Å²) in [6, 6.07) is 9.66.